The quantitative estimate of drug-likeness (QED) is 0.828. The van der Waals surface area contributed by atoms with Crippen LogP contribution in [0.2, 0.25) is 0 Å². The molecule has 0 unspecified atom stereocenters. The molecule has 0 spiro atoms. The van der Waals surface area contributed by atoms with Crippen LogP contribution >= 0.6 is 0 Å². The van der Waals surface area contributed by atoms with Crippen molar-refractivity contribution in [1.29, 1.82) is 0 Å². The first-order chi connectivity index (χ1) is 11.2. The summed E-state index contributed by atoms with van der Waals surface area (Å²) >= 11 is 0. The molecule has 1 saturated heterocycles. The van der Waals surface area contributed by atoms with Gasteiger partial charge in [0.1, 0.15) is 6.10 Å². The lowest BCUT2D eigenvalue weighted by Gasteiger charge is -2.57. The van der Waals surface area contributed by atoms with Crippen molar-refractivity contribution in [3.8, 4) is 0 Å². The molecule has 1 heterocycles. The Morgan fingerprint density at radius 3 is 2.22 bits per heavy atom. The molecular formula is C20H25NO2. The number of hydrogen-bond acceptors (Lipinski definition) is 2. The summed E-state index contributed by atoms with van der Waals surface area (Å²) in [6.07, 6.45) is 8.21. The van der Waals surface area contributed by atoms with E-state index < -0.39 is 0 Å². The lowest BCUT2D eigenvalue weighted by molar-refractivity contribution is -0.0627. The Bertz CT molecular complexity index is 576. The van der Waals surface area contributed by atoms with E-state index in [4.69, 9.17) is 4.74 Å². The maximum Gasteiger partial charge on any atom is 0.410 e. The zero-order chi connectivity index (χ0) is 15.4. The number of rotatable bonds is 3. The summed E-state index contributed by atoms with van der Waals surface area (Å²) in [5.74, 6) is 2.80. The van der Waals surface area contributed by atoms with E-state index in [0.29, 0.717) is 5.41 Å². The molecule has 6 rings (SSSR count). The summed E-state index contributed by atoms with van der Waals surface area (Å²) in [7, 11) is 0. The fraction of sp³-hybridized carbons (Fsp3) is 0.650. The first kappa shape index (κ1) is 13.9. The molecular weight excluding hydrogens is 286 g/mol. The summed E-state index contributed by atoms with van der Waals surface area (Å²) in [6.45, 7) is 1.66. The summed E-state index contributed by atoms with van der Waals surface area (Å²) in [6, 6.07) is 10.2. The van der Waals surface area contributed by atoms with Crippen molar-refractivity contribution in [1.82, 2.24) is 4.90 Å². The molecule has 0 aromatic heterocycles. The van der Waals surface area contributed by atoms with Crippen LogP contribution in [-0.2, 0) is 4.74 Å². The molecule has 4 bridgehead atoms. The lowest BCUT2D eigenvalue weighted by Crippen LogP contribution is -2.51. The van der Waals surface area contributed by atoms with Gasteiger partial charge >= 0.3 is 6.09 Å². The zero-order valence-electron chi connectivity index (χ0n) is 13.6. The Kier molecular flexibility index (Phi) is 3.01. The van der Waals surface area contributed by atoms with Crippen LogP contribution in [0.3, 0.4) is 0 Å². The van der Waals surface area contributed by atoms with Crippen LogP contribution in [0.4, 0.5) is 4.79 Å². The third-order valence-electron chi connectivity index (χ3n) is 6.75. The fourth-order valence-electron chi connectivity index (χ4n) is 6.37. The highest BCUT2D eigenvalue weighted by Gasteiger charge is 2.52. The molecule has 5 aliphatic rings. The van der Waals surface area contributed by atoms with Crippen molar-refractivity contribution in [3.63, 3.8) is 0 Å². The van der Waals surface area contributed by atoms with Gasteiger partial charge in [-0.2, -0.15) is 0 Å². The Morgan fingerprint density at radius 1 is 1.00 bits per heavy atom. The van der Waals surface area contributed by atoms with Crippen LogP contribution < -0.4 is 0 Å². The minimum absolute atomic E-state index is 0.0855. The van der Waals surface area contributed by atoms with Gasteiger partial charge in [-0.3, -0.25) is 0 Å². The van der Waals surface area contributed by atoms with E-state index in [9.17, 15) is 4.79 Å². The van der Waals surface area contributed by atoms with Crippen LogP contribution in [0.1, 0.15) is 50.2 Å². The Hall–Kier alpha value is -1.51. The molecule has 122 valence electrons. The average molecular weight is 311 g/mol. The Balaban J connectivity index is 1.32. The molecule has 1 atom stereocenters. The second-order valence-corrected chi connectivity index (χ2v) is 8.58. The number of carbonyl (C=O) groups is 1. The van der Waals surface area contributed by atoms with Gasteiger partial charge in [-0.1, -0.05) is 30.3 Å². The van der Waals surface area contributed by atoms with Crippen LogP contribution in [-0.4, -0.2) is 24.1 Å². The highest BCUT2D eigenvalue weighted by molar-refractivity contribution is 5.70. The first-order valence-corrected chi connectivity index (χ1v) is 9.20. The monoisotopic (exact) mass is 311 g/mol. The van der Waals surface area contributed by atoms with Crippen molar-refractivity contribution in [3.05, 3.63) is 35.9 Å². The molecule has 1 aromatic rings. The van der Waals surface area contributed by atoms with Gasteiger partial charge in [-0.05, 0) is 67.3 Å². The SMILES string of the molecule is O=C1O[C@@H](c2ccccc2)CN1CC12CC3CC(CC(C3)C1)C2. The number of nitrogens with zero attached hydrogens (tertiary/aromatic N) is 1. The summed E-state index contributed by atoms with van der Waals surface area (Å²) in [5.41, 5.74) is 1.52. The minimum Gasteiger partial charge on any atom is -0.439 e. The van der Waals surface area contributed by atoms with E-state index in [2.05, 4.69) is 12.1 Å². The van der Waals surface area contributed by atoms with Gasteiger partial charge in [0.05, 0.1) is 6.54 Å². The number of benzene rings is 1. The maximum absolute atomic E-state index is 12.4. The number of ether oxygens (including phenoxy) is 1. The van der Waals surface area contributed by atoms with Crippen molar-refractivity contribution in [2.24, 2.45) is 23.2 Å². The highest BCUT2D eigenvalue weighted by Crippen LogP contribution is 2.60. The summed E-state index contributed by atoms with van der Waals surface area (Å²) < 4.78 is 5.66. The smallest absolute Gasteiger partial charge is 0.410 e. The maximum atomic E-state index is 12.4. The van der Waals surface area contributed by atoms with Gasteiger partial charge in [-0.15, -0.1) is 0 Å². The van der Waals surface area contributed by atoms with E-state index in [1.807, 2.05) is 23.1 Å². The van der Waals surface area contributed by atoms with Crippen molar-refractivity contribution in [2.45, 2.75) is 44.6 Å². The van der Waals surface area contributed by atoms with E-state index in [-0.39, 0.29) is 12.2 Å². The van der Waals surface area contributed by atoms with Crippen LogP contribution in [0, 0.1) is 23.2 Å². The Labute approximate surface area is 138 Å². The number of carbonyl (C=O) groups excluding carboxylic acids is 1. The van der Waals surface area contributed by atoms with Crippen molar-refractivity contribution < 1.29 is 9.53 Å². The molecule has 23 heavy (non-hydrogen) atoms. The van der Waals surface area contributed by atoms with Gasteiger partial charge in [0.25, 0.3) is 0 Å². The predicted octanol–water partition coefficient (Wildman–Crippen LogP) is 4.40. The third kappa shape index (κ3) is 2.36. The largest absolute Gasteiger partial charge is 0.439 e. The predicted molar refractivity (Wildman–Crippen MR) is 87.8 cm³/mol. The number of hydrogen-bond donors (Lipinski definition) is 0. The minimum atomic E-state index is -0.102. The molecule has 0 N–H and O–H groups in total. The van der Waals surface area contributed by atoms with Gasteiger partial charge in [-0.25, -0.2) is 4.79 Å². The number of cyclic esters (lactones) is 1. The second kappa shape index (κ2) is 4.99. The van der Waals surface area contributed by atoms with Gasteiger partial charge in [0.2, 0.25) is 0 Å². The van der Waals surface area contributed by atoms with Crippen LogP contribution in [0.25, 0.3) is 0 Å². The molecule has 1 aliphatic heterocycles. The van der Waals surface area contributed by atoms with Crippen LogP contribution in [0.5, 0.6) is 0 Å². The summed E-state index contributed by atoms with van der Waals surface area (Å²) in [4.78, 5) is 14.4. The molecule has 1 aromatic carbocycles. The Morgan fingerprint density at radius 2 is 1.61 bits per heavy atom. The molecule has 3 nitrogen and oxygen atoms in total. The molecule has 4 aliphatic carbocycles. The van der Waals surface area contributed by atoms with E-state index in [1.54, 1.807) is 0 Å². The second-order valence-electron chi connectivity index (χ2n) is 8.58. The number of amides is 1. The molecule has 4 saturated carbocycles. The lowest BCUT2D eigenvalue weighted by atomic mass is 9.49. The van der Waals surface area contributed by atoms with Crippen molar-refractivity contribution in [2.75, 3.05) is 13.1 Å². The van der Waals surface area contributed by atoms with Gasteiger partial charge in [0, 0.05) is 6.54 Å². The molecule has 1 amide bonds. The summed E-state index contributed by atoms with van der Waals surface area (Å²) in [5, 5.41) is 0. The third-order valence-corrected chi connectivity index (χ3v) is 6.75. The topological polar surface area (TPSA) is 29.5 Å². The van der Waals surface area contributed by atoms with Crippen LogP contribution in [0.15, 0.2) is 30.3 Å². The average Bonchev–Trinajstić information content (AvgIpc) is 2.87. The van der Waals surface area contributed by atoms with E-state index in [1.165, 1.54) is 38.5 Å². The highest BCUT2D eigenvalue weighted by atomic mass is 16.6. The first-order valence-electron chi connectivity index (χ1n) is 9.20. The van der Waals surface area contributed by atoms with E-state index in [0.717, 1.165) is 36.4 Å². The van der Waals surface area contributed by atoms with Crippen molar-refractivity contribution >= 4 is 6.09 Å². The normalized spacial score (nSPS) is 41.4. The van der Waals surface area contributed by atoms with Gasteiger partial charge < -0.3 is 9.64 Å². The molecule has 5 fully saturated rings. The van der Waals surface area contributed by atoms with E-state index >= 15 is 0 Å². The standard InChI is InChI=1S/C20H25NO2/c22-19-21(12-18(23-19)17-4-2-1-3-5-17)13-20-9-14-6-15(10-20)8-16(7-14)11-20/h1-5,14-16,18H,6-13H2/t14?,15?,16?,18-,20?/m1/s1. The zero-order valence-corrected chi connectivity index (χ0v) is 13.6. The molecule has 0 radical (unpaired) electrons. The van der Waals surface area contributed by atoms with Gasteiger partial charge in [0.15, 0.2) is 0 Å². The fourth-order valence-corrected chi connectivity index (χ4v) is 6.37. The molecule has 3 heteroatoms.